The van der Waals surface area contributed by atoms with Crippen molar-refractivity contribution < 1.29 is 14.1 Å². The Morgan fingerprint density at radius 1 is 1.41 bits per heavy atom. The minimum atomic E-state index is -0.732. The highest BCUT2D eigenvalue weighted by Gasteiger charge is 2.25. The SMILES string of the molecule is COC(=O)[C@H](NCc1c(C)noc1C)c1cccc(Cl)c1Cl. The van der Waals surface area contributed by atoms with Crippen LogP contribution >= 0.6 is 23.2 Å². The van der Waals surface area contributed by atoms with Crippen LogP contribution in [0.1, 0.15) is 28.6 Å². The number of carbonyl (C=O) groups excluding carboxylic acids is 1. The summed E-state index contributed by atoms with van der Waals surface area (Å²) in [6, 6.07) is 4.40. The Bertz CT molecular complexity index is 666. The largest absolute Gasteiger partial charge is 0.468 e. The van der Waals surface area contributed by atoms with Crippen molar-refractivity contribution in [1.82, 2.24) is 10.5 Å². The summed E-state index contributed by atoms with van der Waals surface area (Å²) < 4.78 is 9.96. The van der Waals surface area contributed by atoms with E-state index in [0.717, 1.165) is 11.3 Å². The zero-order valence-corrected chi connectivity index (χ0v) is 14.0. The molecule has 5 nitrogen and oxygen atoms in total. The Morgan fingerprint density at radius 3 is 2.73 bits per heavy atom. The topological polar surface area (TPSA) is 64.4 Å². The maximum absolute atomic E-state index is 12.1. The van der Waals surface area contributed by atoms with Crippen molar-refractivity contribution in [2.45, 2.75) is 26.4 Å². The number of ether oxygens (including phenoxy) is 1. The van der Waals surface area contributed by atoms with Gasteiger partial charge in [-0.1, -0.05) is 40.5 Å². The average molecular weight is 343 g/mol. The summed E-state index contributed by atoms with van der Waals surface area (Å²) in [4.78, 5) is 12.1. The highest BCUT2D eigenvalue weighted by molar-refractivity contribution is 6.42. The van der Waals surface area contributed by atoms with E-state index in [9.17, 15) is 4.79 Å². The van der Waals surface area contributed by atoms with Gasteiger partial charge in [-0.25, -0.2) is 4.79 Å². The molecule has 0 bridgehead atoms. The predicted octanol–water partition coefficient (Wildman–Crippen LogP) is 3.60. The Morgan fingerprint density at radius 2 is 2.14 bits per heavy atom. The second-order valence-corrected chi connectivity index (χ2v) is 5.57. The second kappa shape index (κ2) is 7.13. The molecule has 0 unspecified atom stereocenters. The van der Waals surface area contributed by atoms with Gasteiger partial charge in [-0.15, -0.1) is 0 Å². The van der Waals surface area contributed by atoms with Crippen LogP contribution in [-0.2, 0) is 16.1 Å². The third-order valence-corrected chi connectivity index (χ3v) is 4.23. The summed E-state index contributed by atoms with van der Waals surface area (Å²) >= 11 is 12.2. The van der Waals surface area contributed by atoms with Gasteiger partial charge in [0.1, 0.15) is 11.8 Å². The monoisotopic (exact) mass is 342 g/mol. The highest BCUT2D eigenvalue weighted by atomic mass is 35.5. The first kappa shape index (κ1) is 16.8. The molecule has 0 aliphatic carbocycles. The molecule has 1 heterocycles. The molecular formula is C15H16Cl2N2O3. The fraction of sp³-hybridized carbons (Fsp3) is 0.333. The standard InChI is InChI=1S/C15H16Cl2N2O3/c1-8-11(9(2)22-19-8)7-18-14(15(20)21-3)10-5-4-6-12(16)13(10)17/h4-6,14,18H,7H2,1-3H3/t14-/m1/s1. The molecule has 2 aromatic rings. The number of halogens is 2. The third kappa shape index (κ3) is 3.43. The maximum atomic E-state index is 12.1. The summed E-state index contributed by atoms with van der Waals surface area (Å²) in [5, 5.41) is 7.71. The van der Waals surface area contributed by atoms with Crippen LogP contribution < -0.4 is 5.32 Å². The molecule has 0 spiro atoms. The molecule has 0 radical (unpaired) electrons. The fourth-order valence-corrected chi connectivity index (χ4v) is 2.56. The van der Waals surface area contributed by atoms with Gasteiger partial charge in [-0.3, -0.25) is 5.32 Å². The lowest BCUT2D eigenvalue weighted by Crippen LogP contribution is -2.30. The maximum Gasteiger partial charge on any atom is 0.327 e. The summed E-state index contributed by atoms with van der Waals surface area (Å²) in [5.74, 6) is 0.252. The molecule has 1 N–H and O–H groups in total. The van der Waals surface area contributed by atoms with Gasteiger partial charge in [0.25, 0.3) is 0 Å². The van der Waals surface area contributed by atoms with Gasteiger partial charge in [-0.05, 0) is 19.9 Å². The van der Waals surface area contributed by atoms with Crippen LogP contribution in [0, 0.1) is 13.8 Å². The number of methoxy groups -OCH3 is 1. The molecule has 1 aromatic carbocycles. The smallest absolute Gasteiger partial charge is 0.327 e. The van der Waals surface area contributed by atoms with Gasteiger partial charge in [-0.2, -0.15) is 0 Å². The van der Waals surface area contributed by atoms with E-state index in [1.807, 2.05) is 13.8 Å². The summed E-state index contributed by atoms with van der Waals surface area (Å²) in [7, 11) is 1.32. The molecule has 0 saturated carbocycles. The van der Waals surface area contributed by atoms with Crippen LogP contribution in [0.2, 0.25) is 10.0 Å². The van der Waals surface area contributed by atoms with Crippen LogP contribution in [0.15, 0.2) is 22.7 Å². The number of rotatable bonds is 5. The van der Waals surface area contributed by atoms with Crippen molar-refractivity contribution in [1.29, 1.82) is 0 Å². The Kier molecular flexibility index (Phi) is 5.45. The molecular weight excluding hydrogens is 327 g/mol. The molecule has 0 fully saturated rings. The van der Waals surface area contributed by atoms with Crippen LogP contribution in [0.3, 0.4) is 0 Å². The number of hydrogen-bond donors (Lipinski definition) is 1. The zero-order chi connectivity index (χ0) is 16.3. The minimum Gasteiger partial charge on any atom is -0.468 e. The van der Waals surface area contributed by atoms with Gasteiger partial charge >= 0.3 is 5.97 Å². The molecule has 1 aromatic heterocycles. The molecule has 118 valence electrons. The van der Waals surface area contributed by atoms with Crippen LogP contribution in [0.25, 0.3) is 0 Å². The molecule has 22 heavy (non-hydrogen) atoms. The molecule has 0 saturated heterocycles. The fourth-order valence-electron chi connectivity index (χ4n) is 2.14. The van der Waals surface area contributed by atoms with Gasteiger partial charge < -0.3 is 9.26 Å². The van der Waals surface area contributed by atoms with E-state index in [-0.39, 0.29) is 0 Å². The molecule has 0 aliphatic heterocycles. The number of hydrogen-bond acceptors (Lipinski definition) is 5. The summed E-state index contributed by atoms with van der Waals surface area (Å²) in [6.45, 7) is 4.05. The second-order valence-electron chi connectivity index (χ2n) is 4.78. The lowest BCUT2D eigenvalue weighted by molar-refractivity contribution is -0.143. The van der Waals surface area contributed by atoms with Crippen molar-refractivity contribution in [3.05, 3.63) is 50.8 Å². The summed E-state index contributed by atoms with van der Waals surface area (Å²) in [5.41, 5.74) is 2.23. The third-order valence-electron chi connectivity index (χ3n) is 3.39. The van der Waals surface area contributed by atoms with Crippen LogP contribution in [0.5, 0.6) is 0 Å². The lowest BCUT2D eigenvalue weighted by Gasteiger charge is -2.18. The van der Waals surface area contributed by atoms with E-state index < -0.39 is 12.0 Å². The number of aromatic nitrogens is 1. The number of carbonyl (C=O) groups is 1. The number of nitrogens with one attached hydrogen (secondary N) is 1. The van der Waals surface area contributed by atoms with E-state index >= 15 is 0 Å². The van der Waals surface area contributed by atoms with E-state index in [0.29, 0.717) is 27.9 Å². The van der Waals surface area contributed by atoms with Crippen LogP contribution in [-0.4, -0.2) is 18.2 Å². The first-order chi connectivity index (χ1) is 10.5. The molecule has 1 atom stereocenters. The Labute approximate surface area is 138 Å². The Balaban J connectivity index is 2.28. The normalized spacial score (nSPS) is 12.2. The van der Waals surface area contributed by atoms with Gasteiger partial charge in [0, 0.05) is 17.7 Å². The average Bonchev–Trinajstić information content (AvgIpc) is 2.82. The molecule has 2 rings (SSSR count). The first-order valence-corrected chi connectivity index (χ1v) is 7.38. The van der Waals surface area contributed by atoms with E-state index in [4.69, 9.17) is 32.5 Å². The molecule has 7 heteroatoms. The van der Waals surface area contributed by atoms with Crippen molar-refractivity contribution in [3.63, 3.8) is 0 Å². The number of esters is 1. The predicted molar refractivity (Wildman–Crippen MR) is 84.0 cm³/mol. The first-order valence-electron chi connectivity index (χ1n) is 6.62. The number of benzene rings is 1. The summed E-state index contributed by atoms with van der Waals surface area (Å²) in [6.07, 6.45) is 0. The molecule has 0 amide bonds. The van der Waals surface area contributed by atoms with E-state index in [2.05, 4.69) is 10.5 Å². The lowest BCUT2D eigenvalue weighted by atomic mass is 10.1. The quantitative estimate of drug-likeness (QED) is 0.841. The number of aryl methyl sites for hydroxylation is 2. The number of nitrogens with zero attached hydrogens (tertiary/aromatic N) is 1. The van der Waals surface area contributed by atoms with Gasteiger partial charge in [0.05, 0.1) is 22.8 Å². The van der Waals surface area contributed by atoms with Crippen molar-refractivity contribution in [2.24, 2.45) is 0 Å². The Hall–Kier alpha value is -1.56. The van der Waals surface area contributed by atoms with Crippen LogP contribution in [0.4, 0.5) is 0 Å². The van der Waals surface area contributed by atoms with E-state index in [1.54, 1.807) is 18.2 Å². The van der Waals surface area contributed by atoms with Crippen molar-refractivity contribution in [3.8, 4) is 0 Å². The molecule has 0 aliphatic rings. The van der Waals surface area contributed by atoms with Gasteiger partial charge in [0.2, 0.25) is 0 Å². The van der Waals surface area contributed by atoms with E-state index in [1.165, 1.54) is 7.11 Å². The zero-order valence-electron chi connectivity index (χ0n) is 12.4. The van der Waals surface area contributed by atoms with Gasteiger partial charge in [0.15, 0.2) is 0 Å². The minimum absolute atomic E-state index is 0.325. The highest BCUT2D eigenvalue weighted by Crippen LogP contribution is 2.31. The van der Waals surface area contributed by atoms with Crippen molar-refractivity contribution in [2.75, 3.05) is 7.11 Å². The van der Waals surface area contributed by atoms with Crippen molar-refractivity contribution >= 4 is 29.2 Å².